The van der Waals surface area contributed by atoms with E-state index in [0.717, 1.165) is 24.3 Å². The van der Waals surface area contributed by atoms with Crippen molar-refractivity contribution in [1.82, 2.24) is 14.8 Å². The lowest BCUT2D eigenvalue weighted by Gasteiger charge is -2.30. The van der Waals surface area contributed by atoms with E-state index in [0.29, 0.717) is 41.6 Å². The monoisotopic (exact) mass is 626 g/mol. The van der Waals surface area contributed by atoms with Gasteiger partial charge in [0, 0.05) is 31.0 Å². The van der Waals surface area contributed by atoms with Gasteiger partial charge in [-0.05, 0) is 23.8 Å². The lowest BCUT2D eigenvalue weighted by atomic mass is 10.1. The summed E-state index contributed by atoms with van der Waals surface area (Å²) in [7, 11) is 1.61. The molecule has 0 aliphatic carbocycles. The lowest BCUT2D eigenvalue weighted by Crippen LogP contribution is -2.36. The zero-order valence-corrected chi connectivity index (χ0v) is 24.0. The maximum atomic E-state index is 13.0. The number of hydrogen-bond acceptors (Lipinski definition) is 8. The molecule has 0 atom stereocenters. The highest BCUT2D eigenvalue weighted by molar-refractivity contribution is 6.04. The number of carbonyl (C=O) groups is 3. The van der Waals surface area contributed by atoms with Gasteiger partial charge in [0.05, 0.1) is 68.0 Å². The van der Waals surface area contributed by atoms with E-state index >= 15 is 0 Å². The van der Waals surface area contributed by atoms with E-state index in [-0.39, 0.29) is 18.2 Å². The van der Waals surface area contributed by atoms with Crippen LogP contribution in [0.3, 0.4) is 0 Å². The second kappa shape index (κ2) is 14.8. The number of benzene rings is 2. The molecule has 2 aromatic carbocycles. The van der Waals surface area contributed by atoms with Gasteiger partial charge in [0.1, 0.15) is 5.75 Å². The van der Waals surface area contributed by atoms with E-state index in [1.54, 1.807) is 42.5 Å². The summed E-state index contributed by atoms with van der Waals surface area (Å²) >= 11 is 0. The molecule has 236 valence electrons. The van der Waals surface area contributed by atoms with E-state index in [4.69, 9.17) is 19.4 Å². The average molecular weight is 627 g/mol. The predicted octanol–water partition coefficient (Wildman–Crippen LogP) is 4.18. The van der Waals surface area contributed by atoms with Crippen molar-refractivity contribution < 1.29 is 42.1 Å². The number of aromatic nitrogens is 3. The number of anilines is 3. The minimum atomic E-state index is -5.08. The molecule has 3 heterocycles. The number of pyridine rings is 1. The normalized spacial score (nSPS) is 12.8. The number of methoxy groups -OCH3 is 1. The molecule has 0 saturated carbocycles. The molecule has 12 nitrogen and oxygen atoms in total. The third-order valence-corrected chi connectivity index (χ3v) is 6.36. The molecule has 0 spiro atoms. The van der Waals surface area contributed by atoms with Gasteiger partial charge in [0.15, 0.2) is 0 Å². The number of nitrogens with one attached hydrogen (secondary N) is 2. The number of carbonyl (C=O) groups excluding carboxylic acids is 2. The van der Waals surface area contributed by atoms with Gasteiger partial charge in [0.2, 0.25) is 5.91 Å². The highest BCUT2D eigenvalue weighted by atomic mass is 19.4. The molecule has 2 amide bonds. The summed E-state index contributed by atoms with van der Waals surface area (Å²) in [5.41, 5.74) is 3.99. The van der Waals surface area contributed by atoms with Crippen LogP contribution in [-0.4, -0.2) is 77.2 Å². The molecular formula is C30H29F3N6O6. The molecule has 1 saturated heterocycles. The zero-order chi connectivity index (χ0) is 32.4. The van der Waals surface area contributed by atoms with Crippen LogP contribution in [0.2, 0.25) is 0 Å². The number of morpholine rings is 1. The highest BCUT2D eigenvalue weighted by Gasteiger charge is 2.38. The van der Waals surface area contributed by atoms with E-state index in [1.807, 2.05) is 42.5 Å². The Bertz CT molecular complexity index is 1620. The number of alkyl halides is 3. The van der Waals surface area contributed by atoms with Crippen LogP contribution in [0.15, 0.2) is 79.4 Å². The fourth-order valence-corrected chi connectivity index (χ4v) is 4.22. The summed E-state index contributed by atoms with van der Waals surface area (Å²) in [5.74, 6) is -2.54. The first kappa shape index (κ1) is 32.5. The number of rotatable bonds is 8. The Hall–Kier alpha value is -5.44. The fraction of sp³-hybridized carbons (Fsp3) is 0.233. The van der Waals surface area contributed by atoms with Gasteiger partial charge in [-0.25, -0.2) is 9.48 Å². The first-order chi connectivity index (χ1) is 21.5. The molecule has 2 aromatic heterocycles. The van der Waals surface area contributed by atoms with Crippen LogP contribution < -0.4 is 20.3 Å². The van der Waals surface area contributed by atoms with Crippen molar-refractivity contribution in [2.45, 2.75) is 12.6 Å². The first-order valence-electron chi connectivity index (χ1n) is 13.5. The van der Waals surface area contributed by atoms with Crippen LogP contribution in [0, 0.1) is 0 Å². The minimum absolute atomic E-state index is 0.142. The molecule has 15 heteroatoms. The predicted molar refractivity (Wildman–Crippen MR) is 158 cm³/mol. The maximum absolute atomic E-state index is 13.0. The topological polar surface area (TPSA) is 148 Å². The number of nitrogens with zero attached hydrogens (tertiary/aromatic N) is 4. The second-order valence-corrected chi connectivity index (χ2v) is 9.56. The SMILES string of the molecule is COc1cc(NC(=O)c2cncc(-n3cc(NC(=O)Cc4ccccc4)cn3)c2)ccc1N1CCOCC1.O=C(O)C(F)(F)F. The number of amides is 2. The zero-order valence-electron chi connectivity index (χ0n) is 24.0. The van der Waals surface area contributed by atoms with Crippen LogP contribution in [0.5, 0.6) is 5.75 Å². The quantitative estimate of drug-likeness (QED) is 0.262. The largest absolute Gasteiger partial charge is 0.495 e. The molecule has 1 aliphatic heterocycles. The molecule has 3 N–H and O–H groups in total. The summed E-state index contributed by atoms with van der Waals surface area (Å²) in [4.78, 5) is 40.7. The summed E-state index contributed by atoms with van der Waals surface area (Å²) in [5, 5.41) is 17.2. The molecule has 1 aliphatic rings. The van der Waals surface area contributed by atoms with Gasteiger partial charge in [-0.1, -0.05) is 30.3 Å². The lowest BCUT2D eigenvalue weighted by molar-refractivity contribution is -0.192. The molecule has 0 unspecified atom stereocenters. The number of carboxylic acid groups (broad SMARTS) is 1. The number of aliphatic carboxylic acids is 1. The molecule has 5 rings (SSSR count). The number of hydrogen-bond donors (Lipinski definition) is 3. The third kappa shape index (κ3) is 9.27. The van der Waals surface area contributed by atoms with Gasteiger partial charge in [-0.3, -0.25) is 14.6 Å². The average Bonchev–Trinajstić information content (AvgIpc) is 3.50. The molecule has 1 fully saturated rings. The van der Waals surface area contributed by atoms with Crippen molar-refractivity contribution in [3.05, 3.63) is 90.5 Å². The molecule has 4 aromatic rings. The standard InChI is InChI=1S/C28H28N6O4.C2HF3O2/c1-37-26-15-22(7-8-25(26)33-9-11-38-12-10-33)32-28(36)21-14-24(18-29-16-21)34-19-23(17-30-34)31-27(35)13-20-5-3-2-4-6-20;3-2(4,5)1(6)7/h2-8,14-19H,9-13H2,1H3,(H,31,35)(H,32,36);(H,6,7). The molecule has 45 heavy (non-hydrogen) atoms. The van der Waals surface area contributed by atoms with Gasteiger partial charge in [0.25, 0.3) is 5.91 Å². The van der Waals surface area contributed by atoms with Crippen molar-refractivity contribution in [1.29, 1.82) is 0 Å². The van der Waals surface area contributed by atoms with E-state index in [9.17, 15) is 22.8 Å². The van der Waals surface area contributed by atoms with Crippen molar-refractivity contribution in [2.75, 3.05) is 48.9 Å². The summed E-state index contributed by atoms with van der Waals surface area (Å²) in [6.45, 7) is 2.91. The van der Waals surface area contributed by atoms with Crippen molar-refractivity contribution in [3.63, 3.8) is 0 Å². The van der Waals surface area contributed by atoms with Crippen LogP contribution in [0.1, 0.15) is 15.9 Å². The van der Waals surface area contributed by atoms with Crippen molar-refractivity contribution >= 4 is 34.8 Å². The van der Waals surface area contributed by atoms with Crippen LogP contribution in [0.4, 0.5) is 30.2 Å². The number of ether oxygens (including phenoxy) is 2. The molecule has 0 radical (unpaired) electrons. The maximum Gasteiger partial charge on any atom is 0.490 e. The Balaban J connectivity index is 0.000000591. The molecule has 0 bridgehead atoms. The Labute approximate surface area is 255 Å². The van der Waals surface area contributed by atoms with E-state index in [2.05, 4.69) is 25.6 Å². The minimum Gasteiger partial charge on any atom is -0.495 e. The highest BCUT2D eigenvalue weighted by Crippen LogP contribution is 2.32. The second-order valence-electron chi connectivity index (χ2n) is 9.56. The van der Waals surface area contributed by atoms with Gasteiger partial charge in [-0.2, -0.15) is 18.3 Å². The first-order valence-corrected chi connectivity index (χ1v) is 13.5. The smallest absolute Gasteiger partial charge is 0.490 e. The van der Waals surface area contributed by atoms with Crippen LogP contribution in [0.25, 0.3) is 5.69 Å². The van der Waals surface area contributed by atoms with Gasteiger partial charge < -0.3 is 30.1 Å². The number of carboxylic acids is 1. The van der Waals surface area contributed by atoms with Crippen LogP contribution in [-0.2, 0) is 20.7 Å². The number of halogens is 3. The Kier molecular flexibility index (Phi) is 10.7. The molecular weight excluding hydrogens is 597 g/mol. The third-order valence-electron chi connectivity index (χ3n) is 6.36. The summed E-state index contributed by atoms with van der Waals surface area (Å²) in [6, 6.07) is 16.8. The van der Waals surface area contributed by atoms with Gasteiger partial charge in [-0.15, -0.1) is 0 Å². The Morgan fingerprint density at radius 1 is 0.978 bits per heavy atom. The summed E-state index contributed by atoms with van der Waals surface area (Å²) in [6.07, 6.45) is 1.50. The van der Waals surface area contributed by atoms with Crippen LogP contribution >= 0.6 is 0 Å². The van der Waals surface area contributed by atoms with Crippen molar-refractivity contribution in [3.8, 4) is 11.4 Å². The van der Waals surface area contributed by atoms with E-state index in [1.165, 1.54) is 6.20 Å². The fourth-order valence-electron chi connectivity index (χ4n) is 4.22. The van der Waals surface area contributed by atoms with Crippen molar-refractivity contribution in [2.24, 2.45) is 0 Å². The Morgan fingerprint density at radius 2 is 1.69 bits per heavy atom. The summed E-state index contributed by atoms with van der Waals surface area (Å²) < 4.78 is 44.3. The Morgan fingerprint density at radius 3 is 2.36 bits per heavy atom. The van der Waals surface area contributed by atoms with Gasteiger partial charge >= 0.3 is 12.1 Å². The van der Waals surface area contributed by atoms with E-state index < -0.39 is 12.1 Å².